The Balaban J connectivity index is 0.000000406. The molecule has 4 rings (SSSR count). The molecule has 0 saturated carbocycles. The number of amides is 1. The number of nitrogens with zero attached hydrogens (tertiary/aromatic N) is 1. The lowest BCUT2D eigenvalue weighted by Crippen LogP contribution is -3.12. The Morgan fingerprint density at radius 3 is 2.38 bits per heavy atom. The highest BCUT2D eigenvalue weighted by atomic mass is 19.4. The van der Waals surface area contributed by atoms with Gasteiger partial charge in [0.25, 0.3) is 0 Å². The van der Waals surface area contributed by atoms with Crippen LogP contribution in [0.5, 0.6) is 0 Å². The van der Waals surface area contributed by atoms with E-state index in [4.69, 9.17) is 14.6 Å². The van der Waals surface area contributed by atoms with Gasteiger partial charge in [0.2, 0.25) is 5.69 Å². The van der Waals surface area contributed by atoms with Crippen LogP contribution in [0.4, 0.5) is 13.2 Å². The zero-order valence-electron chi connectivity index (χ0n) is 18.4. The molecule has 1 aromatic carbocycles. The fraction of sp³-hybridized carbons (Fsp3) is 0.348. The third-order valence-corrected chi connectivity index (χ3v) is 5.29. The van der Waals surface area contributed by atoms with Crippen molar-refractivity contribution in [3.8, 4) is 0 Å². The van der Waals surface area contributed by atoms with Gasteiger partial charge in [-0.05, 0) is 24.1 Å². The minimum atomic E-state index is -5.19. The van der Waals surface area contributed by atoms with E-state index in [0.717, 1.165) is 50.5 Å². The first-order valence-electron chi connectivity index (χ1n) is 10.8. The number of imidazole rings is 1. The molecule has 0 aliphatic carbocycles. The number of aliphatic carboxylic acids is 1. The molecule has 2 aromatic heterocycles. The molecule has 0 unspecified atom stereocenters. The number of carbonyl (C=O) groups is 2. The average molecular weight is 479 g/mol. The number of carboxylic acids is 1. The van der Waals surface area contributed by atoms with Gasteiger partial charge in [-0.3, -0.25) is 4.79 Å². The molecule has 0 radical (unpaired) electrons. The fourth-order valence-electron chi connectivity index (χ4n) is 3.59. The van der Waals surface area contributed by atoms with Gasteiger partial charge in [-0.1, -0.05) is 36.4 Å². The Morgan fingerprint density at radius 2 is 1.74 bits per heavy atom. The number of hydrogen-bond donors (Lipinski definition) is 3. The third-order valence-electron chi connectivity index (χ3n) is 5.29. The van der Waals surface area contributed by atoms with E-state index < -0.39 is 12.1 Å². The Bertz CT molecular complexity index is 1100. The molecule has 0 spiro atoms. The van der Waals surface area contributed by atoms with Crippen LogP contribution >= 0.6 is 0 Å². The van der Waals surface area contributed by atoms with Gasteiger partial charge in [0.05, 0.1) is 19.4 Å². The molecular formula is C23H26F3N4O4+. The molecular weight excluding hydrogens is 453 g/mol. The largest absolute Gasteiger partial charge is 0.542 e. The summed E-state index contributed by atoms with van der Waals surface area (Å²) in [5.41, 5.74) is 3.38. The number of alkyl halides is 3. The molecule has 1 amide bonds. The van der Waals surface area contributed by atoms with Crippen LogP contribution in [0.3, 0.4) is 0 Å². The van der Waals surface area contributed by atoms with Crippen molar-refractivity contribution in [3.63, 3.8) is 0 Å². The quantitative estimate of drug-likeness (QED) is 0.413. The first kappa shape index (κ1) is 25.2. The van der Waals surface area contributed by atoms with Gasteiger partial charge in [-0.25, -0.2) is 4.98 Å². The van der Waals surface area contributed by atoms with Crippen LogP contribution in [-0.4, -0.2) is 55.9 Å². The van der Waals surface area contributed by atoms with Crippen molar-refractivity contribution in [2.75, 3.05) is 32.8 Å². The van der Waals surface area contributed by atoms with E-state index in [-0.39, 0.29) is 5.91 Å². The summed E-state index contributed by atoms with van der Waals surface area (Å²) in [7, 11) is 0. The van der Waals surface area contributed by atoms with Gasteiger partial charge >= 0.3 is 17.9 Å². The summed E-state index contributed by atoms with van der Waals surface area (Å²) in [6.07, 6.45) is -2.43. The van der Waals surface area contributed by atoms with Crippen LogP contribution in [-0.2, 0) is 22.5 Å². The van der Waals surface area contributed by atoms with E-state index in [1.165, 1.54) is 10.5 Å². The molecule has 3 aromatic rings. The number of rotatable bonds is 6. The highest BCUT2D eigenvalue weighted by Crippen LogP contribution is 2.11. The van der Waals surface area contributed by atoms with Gasteiger partial charge < -0.3 is 24.9 Å². The zero-order valence-corrected chi connectivity index (χ0v) is 18.4. The normalized spacial score (nSPS) is 14.3. The van der Waals surface area contributed by atoms with Crippen LogP contribution in [0.1, 0.15) is 21.9 Å². The molecule has 1 aliphatic heterocycles. The van der Waals surface area contributed by atoms with Crippen LogP contribution in [0.15, 0.2) is 54.7 Å². The van der Waals surface area contributed by atoms with Gasteiger partial charge in [-0.15, -0.1) is 0 Å². The minimum Gasteiger partial charge on any atom is -0.542 e. The van der Waals surface area contributed by atoms with Crippen LogP contribution in [0, 0.1) is 0 Å². The smallest absolute Gasteiger partial charge is 0.430 e. The number of nitrogens with one attached hydrogen (secondary N) is 3. The number of pyridine rings is 1. The molecule has 1 fully saturated rings. The summed E-state index contributed by atoms with van der Waals surface area (Å²) < 4.78 is 38.9. The zero-order chi connectivity index (χ0) is 24.6. The fourth-order valence-corrected chi connectivity index (χ4v) is 3.59. The number of carboxylic acid groups (broad SMARTS) is 1. The van der Waals surface area contributed by atoms with Crippen LogP contribution in [0.2, 0.25) is 0 Å². The third kappa shape index (κ3) is 7.03. The maximum absolute atomic E-state index is 12.8. The Kier molecular flexibility index (Phi) is 8.61. The highest BCUT2D eigenvalue weighted by molar-refractivity contribution is 5.89. The van der Waals surface area contributed by atoms with E-state index in [1.807, 2.05) is 40.9 Å². The SMILES string of the molecule is O=C(NCCc1ccccc1)c1[nH]c(C[NH+]2CCOCC2)c2cccc[n+]12.O=C([O-])C(F)(F)F. The maximum atomic E-state index is 12.8. The number of fused-ring (bicyclic) bond motifs is 1. The second-order valence-electron chi connectivity index (χ2n) is 7.72. The van der Waals surface area contributed by atoms with Crippen molar-refractivity contribution in [3.05, 3.63) is 71.8 Å². The number of benzene rings is 1. The average Bonchev–Trinajstić information content (AvgIpc) is 3.19. The number of carbonyl (C=O) groups excluding carboxylic acids is 2. The summed E-state index contributed by atoms with van der Waals surface area (Å²) in [6.45, 7) is 5.07. The molecule has 1 aliphatic rings. The van der Waals surface area contributed by atoms with Crippen molar-refractivity contribution < 1.29 is 41.9 Å². The standard InChI is InChI=1S/C21H24N4O2.C2HF3O2/c26-21(22-10-9-17-6-2-1-3-7-17)20-23-18(16-24-12-14-27-15-13-24)19-8-4-5-11-25(19)20;3-2(4,5)1(6)7/h1-8,11H,9-10,12-16H2,(H,22,26);(H,6,7)/p+1. The Hall–Kier alpha value is -3.44. The highest BCUT2D eigenvalue weighted by Gasteiger charge is 2.29. The molecule has 11 heteroatoms. The lowest BCUT2D eigenvalue weighted by atomic mass is 10.1. The second-order valence-corrected chi connectivity index (χ2v) is 7.72. The number of H-pyrrole nitrogens is 1. The summed E-state index contributed by atoms with van der Waals surface area (Å²) in [5.74, 6) is -2.50. The van der Waals surface area contributed by atoms with E-state index in [2.05, 4.69) is 28.5 Å². The Morgan fingerprint density at radius 1 is 1.09 bits per heavy atom. The summed E-state index contributed by atoms with van der Waals surface area (Å²) >= 11 is 0. The molecule has 182 valence electrons. The van der Waals surface area contributed by atoms with Crippen molar-refractivity contribution in [1.82, 2.24) is 10.3 Å². The number of hydrogen-bond acceptors (Lipinski definition) is 4. The predicted octanol–water partition coefficient (Wildman–Crippen LogP) is -0.560. The van der Waals surface area contributed by atoms with Crippen molar-refractivity contribution in [2.45, 2.75) is 19.1 Å². The van der Waals surface area contributed by atoms with E-state index in [9.17, 15) is 18.0 Å². The van der Waals surface area contributed by atoms with Crippen LogP contribution < -0.4 is 19.7 Å². The van der Waals surface area contributed by atoms with Crippen molar-refractivity contribution in [1.29, 1.82) is 0 Å². The number of aromatic nitrogens is 2. The maximum Gasteiger partial charge on any atom is 0.430 e. The first-order valence-corrected chi connectivity index (χ1v) is 10.8. The predicted molar refractivity (Wildman–Crippen MR) is 113 cm³/mol. The number of quaternary nitrogens is 1. The summed E-state index contributed by atoms with van der Waals surface area (Å²) in [4.78, 5) is 26.4. The number of aromatic amines is 1. The lowest BCUT2D eigenvalue weighted by molar-refractivity contribution is -0.921. The minimum absolute atomic E-state index is 0.0737. The summed E-state index contributed by atoms with van der Waals surface area (Å²) in [6, 6.07) is 16.2. The van der Waals surface area contributed by atoms with Gasteiger partial charge in [0.1, 0.15) is 25.6 Å². The molecule has 8 nitrogen and oxygen atoms in total. The molecule has 3 heterocycles. The lowest BCUT2D eigenvalue weighted by Gasteiger charge is -2.22. The first-order chi connectivity index (χ1) is 16.3. The van der Waals surface area contributed by atoms with Gasteiger partial charge in [0.15, 0.2) is 5.52 Å². The molecule has 1 saturated heterocycles. The monoisotopic (exact) mass is 479 g/mol. The molecule has 0 bridgehead atoms. The van der Waals surface area contributed by atoms with E-state index in [1.54, 1.807) is 0 Å². The molecule has 34 heavy (non-hydrogen) atoms. The van der Waals surface area contributed by atoms with Crippen molar-refractivity contribution in [2.24, 2.45) is 0 Å². The number of morpholine rings is 1. The topological polar surface area (TPSA) is 103 Å². The van der Waals surface area contributed by atoms with Gasteiger partial charge in [-0.2, -0.15) is 17.6 Å². The summed E-state index contributed by atoms with van der Waals surface area (Å²) in [5, 5.41) is 11.8. The molecule has 3 N–H and O–H groups in total. The second kappa shape index (κ2) is 11.6. The van der Waals surface area contributed by atoms with Crippen LogP contribution in [0.25, 0.3) is 5.52 Å². The number of ether oxygens (including phenoxy) is 1. The van der Waals surface area contributed by atoms with E-state index in [0.29, 0.717) is 12.4 Å². The van der Waals surface area contributed by atoms with Crippen molar-refractivity contribution >= 4 is 17.4 Å². The Labute approximate surface area is 194 Å². The molecule has 0 atom stereocenters. The van der Waals surface area contributed by atoms with Gasteiger partial charge in [0, 0.05) is 6.54 Å². The van der Waals surface area contributed by atoms with E-state index >= 15 is 0 Å². The number of halogens is 3.